The number of hydrogen-bond donors (Lipinski definition) is 0. The highest BCUT2D eigenvalue weighted by Gasteiger charge is 2.28. The highest BCUT2D eigenvalue weighted by Crippen LogP contribution is 2.27. The standard InChI is InChI=1S/C6H10Cl2OS/c1-3-6(7,8)5(10)9-4-2/h3-4H2,1-2H3. The molecule has 1 nitrogen and oxygen atoms in total. The van der Waals surface area contributed by atoms with Crippen LogP contribution >= 0.6 is 35.4 Å². The van der Waals surface area contributed by atoms with Crippen LogP contribution in [0.2, 0.25) is 0 Å². The van der Waals surface area contributed by atoms with Crippen molar-refractivity contribution in [3.05, 3.63) is 0 Å². The van der Waals surface area contributed by atoms with Crippen LogP contribution in [0.4, 0.5) is 0 Å². The van der Waals surface area contributed by atoms with Gasteiger partial charge in [-0.1, -0.05) is 30.1 Å². The van der Waals surface area contributed by atoms with Crippen molar-refractivity contribution in [2.24, 2.45) is 0 Å². The molecular formula is C6H10Cl2OS. The normalized spacial score (nSPS) is 11.2. The maximum atomic E-state index is 5.75. The highest BCUT2D eigenvalue weighted by molar-refractivity contribution is 7.80. The van der Waals surface area contributed by atoms with Gasteiger partial charge in [0.1, 0.15) is 0 Å². The van der Waals surface area contributed by atoms with Gasteiger partial charge < -0.3 is 4.74 Å². The summed E-state index contributed by atoms with van der Waals surface area (Å²) in [7, 11) is 0. The van der Waals surface area contributed by atoms with Crippen LogP contribution in [0, 0.1) is 0 Å². The van der Waals surface area contributed by atoms with Gasteiger partial charge in [-0.15, -0.1) is 0 Å². The lowest BCUT2D eigenvalue weighted by Gasteiger charge is -2.17. The summed E-state index contributed by atoms with van der Waals surface area (Å²) in [6.45, 7) is 4.21. The molecule has 0 unspecified atom stereocenters. The summed E-state index contributed by atoms with van der Waals surface area (Å²) < 4.78 is 3.97. The first-order chi connectivity index (χ1) is 4.54. The van der Waals surface area contributed by atoms with Gasteiger partial charge >= 0.3 is 0 Å². The van der Waals surface area contributed by atoms with E-state index in [-0.39, 0.29) is 5.05 Å². The van der Waals surface area contributed by atoms with E-state index in [1.54, 1.807) is 0 Å². The average Bonchev–Trinajstić information content (AvgIpc) is 1.89. The van der Waals surface area contributed by atoms with Gasteiger partial charge in [-0.3, -0.25) is 0 Å². The molecule has 0 amide bonds. The van der Waals surface area contributed by atoms with Crippen molar-refractivity contribution in [2.75, 3.05) is 6.61 Å². The maximum Gasteiger partial charge on any atom is 0.196 e. The third kappa shape index (κ3) is 3.04. The van der Waals surface area contributed by atoms with Gasteiger partial charge in [0.15, 0.2) is 9.38 Å². The number of hydrogen-bond acceptors (Lipinski definition) is 2. The van der Waals surface area contributed by atoms with Gasteiger partial charge in [0.05, 0.1) is 6.61 Å². The first-order valence-corrected chi connectivity index (χ1v) is 4.26. The molecule has 0 aromatic rings. The van der Waals surface area contributed by atoms with Crippen molar-refractivity contribution in [3.63, 3.8) is 0 Å². The van der Waals surface area contributed by atoms with Crippen molar-refractivity contribution >= 4 is 40.5 Å². The van der Waals surface area contributed by atoms with Crippen molar-refractivity contribution < 1.29 is 4.74 Å². The minimum absolute atomic E-state index is 0.265. The molecular weight excluding hydrogens is 191 g/mol. The van der Waals surface area contributed by atoms with Gasteiger partial charge in [-0.25, -0.2) is 0 Å². The van der Waals surface area contributed by atoms with Crippen molar-refractivity contribution in [1.82, 2.24) is 0 Å². The van der Waals surface area contributed by atoms with E-state index >= 15 is 0 Å². The molecule has 0 atom stereocenters. The van der Waals surface area contributed by atoms with E-state index in [1.807, 2.05) is 13.8 Å². The quantitative estimate of drug-likeness (QED) is 0.512. The molecule has 0 saturated carbocycles. The summed E-state index contributed by atoms with van der Waals surface area (Å²) in [5.41, 5.74) is 0. The SMILES string of the molecule is CCOC(=S)C(Cl)(Cl)CC. The summed E-state index contributed by atoms with van der Waals surface area (Å²) in [4.78, 5) is 0. The van der Waals surface area contributed by atoms with E-state index in [0.29, 0.717) is 13.0 Å². The first kappa shape index (κ1) is 10.5. The van der Waals surface area contributed by atoms with Gasteiger partial charge in [0, 0.05) is 0 Å². The molecule has 0 aliphatic rings. The topological polar surface area (TPSA) is 9.23 Å². The molecule has 0 heterocycles. The second kappa shape index (κ2) is 4.37. The number of rotatable bonds is 3. The zero-order chi connectivity index (χ0) is 8.20. The Morgan fingerprint density at radius 3 is 2.30 bits per heavy atom. The molecule has 0 aromatic carbocycles. The fourth-order valence-corrected chi connectivity index (χ4v) is 0.752. The third-order valence-corrected chi connectivity index (χ3v) is 2.59. The van der Waals surface area contributed by atoms with Crippen LogP contribution in [0.5, 0.6) is 0 Å². The lowest BCUT2D eigenvalue weighted by molar-refractivity contribution is 0.324. The Balaban J connectivity index is 3.91. The molecule has 10 heavy (non-hydrogen) atoms. The molecule has 0 N–H and O–H groups in total. The smallest absolute Gasteiger partial charge is 0.196 e. The van der Waals surface area contributed by atoms with Crippen LogP contribution < -0.4 is 0 Å². The van der Waals surface area contributed by atoms with Crippen LogP contribution in [0.1, 0.15) is 20.3 Å². The molecule has 0 saturated heterocycles. The molecule has 0 bridgehead atoms. The maximum absolute atomic E-state index is 5.75. The molecule has 0 radical (unpaired) electrons. The van der Waals surface area contributed by atoms with E-state index < -0.39 is 4.33 Å². The lowest BCUT2D eigenvalue weighted by atomic mass is 10.3. The predicted octanol–water partition coefficient (Wildman–Crippen LogP) is 2.93. The summed E-state index contributed by atoms with van der Waals surface area (Å²) in [5.74, 6) is 0. The Morgan fingerprint density at radius 2 is 2.00 bits per heavy atom. The zero-order valence-corrected chi connectivity index (χ0v) is 8.31. The van der Waals surface area contributed by atoms with Gasteiger partial charge in [0.25, 0.3) is 0 Å². The number of ether oxygens (including phenoxy) is 1. The van der Waals surface area contributed by atoms with Crippen LogP contribution in [0.3, 0.4) is 0 Å². The van der Waals surface area contributed by atoms with E-state index in [2.05, 4.69) is 0 Å². The summed E-state index contributed by atoms with van der Waals surface area (Å²) >= 11 is 16.3. The lowest BCUT2D eigenvalue weighted by Crippen LogP contribution is -2.25. The van der Waals surface area contributed by atoms with Crippen LogP contribution in [0.25, 0.3) is 0 Å². The Kier molecular flexibility index (Phi) is 4.57. The van der Waals surface area contributed by atoms with E-state index in [4.69, 9.17) is 40.2 Å². The van der Waals surface area contributed by atoms with E-state index in [1.165, 1.54) is 0 Å². The summed E-state index contributed by atoms with van der Waals surface area (Å²) in [6, 6.07) is 0. The first-order valence-electron chi connectivity index (χ1n) is 3.09. The molecule has 0 aliphatic carbocycles. The minimum Gasteiger partial charge on any atom is -0.484 e. The molecule has 60 valence electrons. The fraction of sp³-hybridized carbons (Fsp3) is 0.833. The third-order valence-electron chi connectivity index (χ3n) is 1.02. The van der Waals surface area contributed by atoms with Crippen LogP contribution in [-0.2, 0) is 4.74 Å². The van der Waals surface area contributed by atoms with Gasteiger partial charge in [-0.05, 0) is 25.6 Å². The Labute approximate surface area is 76.6 Å². The summed E-state index contributed by atoms with van der Waals surface area (Å²) in [6.07, 6.45) is 0.564. The number of thiocarbonyl (C=S) groups is 1. The van der Waals surface area contributed by atoms with Crippen LogP contribution in [-0.4, -0.2) is 16.0 Å². The van der Waals surface area contributed by atoms with Crippen LogP contribution in [0.15, 0.2) is 0 Å². The van der Waals surface area contributed by atoms with Crippen molar-refractivity contribution in [2.45, 2.75) is 24.6 Å². The zero-order valence-electron chi connectivity index (χ0n) is 5.99. The average molecular weight is 201 g/mol. The highest BCUT2D eigenvalue weighted by atomic mass is 35.5. The number of halogens is 2. The Hall–Kier alpha value is 0.470. The number of alkyl halides is 2. The fourth-order valence-electron chi connectivity index (χ4n) is 0.381. The Bertz CT molecular complexity index is 125. The van der Waals surface area contributed by atoms with Gasteiger partial charge in [-0.2, -0.15) is 0 Å². The molecule has 0 aromatic heterocycles. The minimum atomic E-state index is -0.995. The Morgan fingerprint density at radius 1 is 1.50 bits per heavy atom. The largest absolute Gasteiger partial charge is 0.484 e. The molecule has 0 spiro atoms. The molecule has 0 rings (SSSR count). The predicted molar refractivity (Wildman–Crippen MR) is 49.0 cm³/mol. The molecule has 0 fully saturated rings. The molecule has 4 heteroatoms. The van der Waals surface area contributed by atoms with E-state index in [0.717, 1.165) is 0 Å². The second-order valence-electron chi connectivity index (χ2n) is 1.78. The van der Waals surface area contributed by atoms with Crippen molar-refractivity contribution in [3.8, 4) is 0 Å². The monoisotopic (exact) mass is 200 g/mol. The summed E-state index contributed by atoms with van der Waals surface area (Å²) in [5, 5.41) is 0.265. The van der Waals surface area contributed by atoms with Crippen molar-refractivity contribution in [1.29, 1.82) is 0 Å². The second-order valence-corrected chi connectivity index (χ2v) is 3.63. The van der Waals surface area contributed by atoms with E-state index in [9.17, 15) is 0 Å². The molecule has 0 aliphatic heterocycles. The van der Waals surface area contributed by atoms with Gasteiger partial charge in [0.2, 0.25) is 0 Å².